The Hall–Kier alpha value is -2.19. The fourth-order valence-electron chi connectivity index (χ4n) is 1.55. The van der Waals surface area contributed by atoms with E-state index < -0.39 is 22.8 Å². The summed E-state index contributed by atoms with van der Waals surface area (Å²) in [5.41, 5.74) is 5.45. The molecule has 0 saturated heterocycles. The van der Waals surface area contributed by atoms with Gasteiger partial charge in [-0.3, -0.25) is 14.9 Å². The number of anilines is 1. The normalized spacial score (nSPS) is 11.3. The third kappa shape index (κ3) is 4.97. The van der Waals surface area contributed by atoms with E-state index in [9.17, 15) is 19.7 Å². The number of nitrogens with two attached hydrogens (primary N) is 1. The van der Waals surface area contributed by atoms with Crippen LogP contribution in [0.4, 0.5) is 11.4 Å². The lowest BCUT2D eigenvalue weighted by atomic mass is 10.0. The number of ether oxygens (including phenoxy) is 1. The smallest absolute Gasteiger partial charge is 0.338 e. The third-order valence-corrected chi connectivity index (χ3v) is 2.84. The molecule has 0 aliphatic carbocycles. The highest BCUT2D eigenvalue weighted by molar-refractivity contribution is 5.97. The molecule has 0 fully saturated rings. The molecule has 0 heterocycles. The number of carbonyl (C=O) groups is 2. The second-order valence-corrected chi connectivity index (χ2v) is 4.78. The minimum absolute atomic E-state index is 0. The number of halogens is 1. The monoisotopic (exact) mass is 331 g/mol. The van der Waals surface area contributed by atoms with Crippen LogP contribution in [0.2, 0.25) is 0 Å². The molecule has 1 rings (SSSR count). The number of nitro benzene ring substituents is 1. The van der Waals surface area contributed by atoms with Crippen LogP contribution in [0.25, 0.3) is 0 Å². The van der Waals surface area contributed by atoms with Gasteiger partial charge in [-0.25, -0.2) is 4.79 Å². The summed E-state index contributed by atoms with van der Waals surface area (Å²) in [6.45, 7) is 3.55. The van der Waals surface area contributed by atoms with Gasteiger partial charge in [-0.15, -0.1) is 12.4 Å². The number of methoxy groups -OCH3 is 1. The molecule has 1 amide bonds. The van der Waals surface area contributed by atoms with Gasteiger partial charge >= 0.3 is 5.97 Å². The van der Waals surface area contributed by atoms with Gasteiger partial charge in [0.2, 0.25) is 5.91 Å². The predicted molar refractivity (Wildman–Crippen MR) is 83.1 cm³/mol. The van der Waals surface area contributed by atoms with E-state index in [2.05, 4.69) is 10.1 Å². The second kappa shape index (κ2) is 8.30. The molecule has 1 atom stereocenters. The van der Waals surface area contributed by atoms with Crippen LogP contribution in [0.1, 0.15) is 24.2 Å². The molecule has 0 unspecified atom stereocenters. The Balaban J connectivity index is 0.00000441. The van der Waals surface area contributed by atoms with Gasteiger partial charge in [0.15, 0.2) is 0 Å². The summed E-state index contributed by atoms with van der Waals surface area (Å²) >= 11 is 0. The summed E-state index contributed by atoms with van der Waals surface area (Å²) in [6.07, 6.45) is 0. The van der Waals surface area contributed by atoms with Crippen molar-refractivity contribution in [1.82, 2.24) is 0 Å². The number of esters is 1. The van der Waals surface area contributed by atoms with Crippen LogP contribution >= 0.6 is 12.4 Å². The number of nitro groups is 1. The molecule has 1 aromatic rings. The highest BCUT2D eigenvalue weighted by atomic mass is 35.5. The second-order valence-electron chi connectivity index (χ2n) is 4.78. The van der Waals surface area contributed by atoms with Crippen molar-refractivity contribution in [3.63, 3.8) is 0 Å². The van der Waals surface area contributed by atoms with Crippen molar-refractivity contribution < 1.29 is 19.2 Å². The molecule has 0 aromatic heterocycles. The minimum atomic E-state index is -0.758. The van der Waals surface area contributed by atoms with Crippen molar-refractivity contribution in [3.8, 4) is 0 Å². The summed E-state index contributed by atoms with van der Waals surface area (Å²) in [6, 6.07) is 2.76. The van der Waals surface area contributed by atoms with Crippen LogP contribution in [0.5, 0.6) is 0 Å². The van der Waals surface area contributed by atoms with Crippen molar-refractivity contribution in [2.45, 2.75) is 19.9 Å². The Morgan fingerprint density at radius 1 is 1.32 bits per heavy atom. The lowest BCUT2D eigenvalue weighted by Gasteiger charge is -2.15. The Morgan fingerprint density at radius 2 is 1.91 bits per heavy atom. The fraction of sp³-hybridized carbons (Fsp3) is 0.385. The Morgan fingerprint density at radius 3 is 2.36 bits per heavy atom. The van der Waals surface area contributed by atoms with Gasteiger partial charge in [0.1, 0.15) is 0 Å². The molecule has 0 spiro atoms. The van der Waals surface area contributed by atoms with E-state index in [1.165, 1.54) is 6.07 Å². The molecule has 0 bridgehead atoms. The van der Waals surface area contributed by atoms with E-state index in [0.29, 0.717) is 0 Å². The van der Waals surface area contributed by atoms with Gasteiger partial charge in [0.05, 0.1) is 23.6 Å². The fourth-order valence-corrected chi connectivity index (χ4v) is 1.55. The largest absolute Gasteiger partial charge is 0.465 e. The van der Waals surface area contributed by atoms with Crippen LogP contribution in [-0.4, -0.2) is 30.0 Å². The lowest BCUT2D eigenvalue weighted by Crippen LogP contribution is -2.39. The quantitative estimate of drug-likeness (QED) is 0.481. The zero-order valence-electron chi connectivity index (χ0n) is 12.4. The van der Waals surface area contributed by atoms with Crippen molar-refractivity contribution in [2.75, 3.05) is 12.4 Å². The number of benzene rings is 1. The standard InChI is InChI=1S/C13H17N3O5.ClH/c1-7(2)11(14)12(17)15-9-4-8(13(18)21-3)5-10(6-9)16(19)20;/h4-7,11H,14H2,1-3H3,(H,15,17);1H/t11-;/m0./s1. The number of amides is 1. The number of rotatable bonds is 5. The summed E-state index contributed by atoms with van der Waals surface area (Å²) in [4.78, 5) is 33.5. The first kappa shape index (κ1) is 19.8. The van der Waals surface area contributed by atoms with E-state index in [4.69, 9.17) is 5.73 Å². The highest BCUT2D eigenvalue weighted by Gasteiger charge is 2.20. The zero-order valence-corrected chi connectivity index (χ0v) is 13.2. The maximum atomic E-state index is 11.9. The Kier molecular flexibility index (Phi) is 7.47. The SMILES string of the molecule is COC(=O)c1cc(NC(=O)[C@@H](N)C(C)C)cc([N+](=O)[O-])c1.Cl. The summed E-state index contributed by atoms with van der Waals surface area (Å²) in [5.74, 6) is -1.31. The van der Waals surface area contributed by atoms with E-state index in [-0.39, 0.29) is 35.3 Å². The first-order valence-corrected chi connectivity index (χ1v) is 6.20. The van der Waals surface area contributed by atoms with Crippen molar-refractivity contribution in [3.05, 3.63) is 33.9 Å². The van der Waals surface area contributed by atoms with Crippen LogP contribution < -0.4 is 11.1 Å². The zero-order chi connectivity index (χ0) is 16.2. The molecule has 0 aliphatic rings. The van der Waals surface area contributed by atoms with Gasteiger partial charge in [0.25, 0.3) is 5.69 Å². The van der Waals surface area contributed by atoms with Crippen LogP contribution in [-0.2, 0) is 9.53 Å². The lowest BCUT2D eigenvalue weighted by molar-refractivity contribution is -0.384. The molecule has 3 N–H and O–H groups in total. The van der Waals surface area contributed by atoms with Gasteiger partial charge in [-0.05, 0) is 12.0 Å². The number of carbonyl (C=O) groups excluding carboxylic acids is 2. The molecular formula is C13H18ClN3O5. The molecule has 0 radical (unpaired) electrons. The summed E-state index contributed by atoms with van der Waals surface area (Å²) in [5, 5.41) is 13.3. The first-order valence-electron chi connectivity index (χ1n) is 6.20. The van der Waals surface area contributed by atoms with Gasteiger partial charge in [0, 0.05) is 17.8 Å². The summed E-state index contributed by atoms with van der Waals surface area (Å²) in [7, 11) is 1.16. The Labute approximate surface area is 133 Å². The number of hydrogen-bond acceptors (Lipinski definition) is 6. The molecule has 0 saturated carbocycles. The van der Waals surface area contributed by atoms with Gasteiger partial charge in [-0.1, -0.05) is 13.8 Å². The van der Waals surface area contributed by atoms with Crippen LogP contribution in [0.3, 0.4) is 0 Å². The van der Waals surface area contributed by atoms with E-state index in [0.717, 1.165) is 19.2 Å². The molecular weight excluding hydrogens is 314 g/mol. The highest BCUT2D eigenvalue weighted by Crippen LogP contribution is 2.22. The Bertz CT molecular complexity index is 577. The van der Waals surface area contributed by atoms with E-state index in [1.807, 2.05) is 0 Å². The number of non-ortho nitro benzene ring substituents is 1. The molecule has 9 heteroatoms. The minimum Gasteiger partial charge on any atom is -0.465 e. The molecule has 8 nitrogen and oxygen atoms in total. The van der Waals surface area contributed by atoms with Crippen LogP contribution in [0, 0.1) is 16.0 Å². The van der Waals surface area contributed by atoms with Gasteiger partial charge < -0.3 is 15.8 Å². The maximum Gasteiger partial charge on any atom is 0.338 e. The summed E-state index contributed by atoms with van der Waals surface area (Å²) < 4.78 is 4.52. The molecule has 122 valence electrons. The number of hydrogen-bond donors (Lipinski definition) is 2. The average molecular weight is 332 g/mol. The van der Waals surface area contributed by atoms with Crippen molar-refractivity contribution in [1.29, 1.82) is 0 Å². The average Bonchev–Trinajstić information content (AvgIpc) is 2.44. The molecule has 22 heavy (non-hydrogen) atoms. The first-order chi connectivity index (χ1) is 9.76. The molecule has 1 aromatic carbocycles. The molecule has 0 aliphatic heterocycles. The van der Waals surface area contributed by atoms with Crippen LogP contribution in [0.15, 0.2) is 18.2 Å². The van der Waals surface area contributed by atoms with E-state index >= 15 is 0 Å². The van der Waals surface area contributed by atoms with Gasteiger partial charge in [-0.2, -0.15) is 0 Å². The topological polar surface area (TPSA) is 125 Å². The van der Waals surface area contributed by atoms with Crippen molar-refractivity contribution in [2.24, 2.45) is 11.7 Å². The van der Waals surface area contributed by atoms with Crippen molar-refractivity contribution >= 4 is 35.7 Å². The maximum absolute atomic E-state index is 11.9. The number of nitrogens with zero attached hydrogens (tertiary/aromatic N) is 1. The predicted octanol–water partition coefficient (Wildman–Crippen LogP) is 1.72. The van der Waals surface area contributed by atoms with E-state index in [1.54, 1.807) is 13.8 Å². The third-order valence-electron chi connectivity index (χ3n) is 2.84. The number of nitrogens with one attached hydrogen (secondary N) is 1.